The average Bonchev–Trinajstić information content (AvgIpc) is 2.70. The highest BCUT2D eigenvalue weighted by Crippen LogP contribution is 2.45. The summed E-state index contributed by atoms with van der Waals surface area (Å²) in [7, 11) is 0. The van der Waals surface area contributed by atoms with Gasteiger partial charge in [0.2, 0.25) is 0 Å². The Morgan fingerprint density at radius 1 is 1.38 bits per heavy atom. The number of rotatable bonds is 2. The van der Waals surface area contributed by atoms with Gasteiger partial charge in [-0.25, -0.2) is 0 Å². The van der Waals surface area contributed by atoms with Crippen LogP contribution in [0.15, 0.2) is 18.2 Å². The molecular weight excluding hydrogens is 261 g/mol. The molecule has 0 bridgehead atoms. The first kappa shape index (κ1) is 12.6. The summed E-state index contributed by atoms with van der Waals surface area (Å²) >= 11 is 13.9. The molecule has 0 aliphatic carbocycles. The van der Waals surface area contributed by atoms with Crippen molar-refractivity contribution in [2.24, 2.45) is 5.73 Å². The van der Waals surface area contributed by atoms with Crippen molar-refractivity contribution in [2.45, 2.75) is 30.6 Å². The van der Waals surface area contributed by atoms with Crippen molar-refractivity contribution in [1.29, 1.82) is 0 Å². The molecule has 2 rings (SSSR count). The predicted molar refractivity (Wildman–Crippen MR) is 73.5 cm³/mol. The van der Waals surface area contributed by atoms with Gasteiger partial charge in [-0.05, 0) is 43.2 Å². The molecule has 16 heavy (non-hydrogen) atoms. The molecule has 0 amide bonds. The zero-order chi connectivity index (χ0) is 11.8. The molecule has 1 nitrogen and oxygen atoms in total. The predicted octanol–water partition coefficient (Wildman–Crippen LogP) is 4.28. The quantitative estimate of drug-likeness (QED) is 0.872. The van der Waals surface area contributed by atoms with Crippen molar-refractivity contribution < 1.29 is 0 Å². The molecule has 1 aliphatic heterocycles. The first-order chi connectivity index (χ1) is 7.53. The molecule has 1 aromatic carbocycles. The van der Waals surface area contributed by atoms with Crippen molar-refractivity contribution in [1.82, 2.24) is 0 Å². The molecular formula is C12H15Cl2NS. The Morgan fingerprint density at radius 3 is 2.69 bits per heavy atom. The molecule has 88 valence electrons. The lowest BCUT2D eigenvalue weighted by Crippen LogP contribution is -2.33. The van der Waals surface area contributed by atoms with Crippen LogP contribution in [-0.4, -0.2) is 10.5 Å². The van der Waals surface area contributed by atoms with Gasteiger partial charge in [-0.15, -0.1) is 0 Å². The van der Waals surface area contributed by atoms with Gasteiger partial charge in [0, 0.05) is 10.8 Å². The highest BCUT2D eigenvalue weighted by Gasteiger charge is 2.36. The van der Waals surface area contributed by atoms with E-state index in [0.717, 1.165) is 5.56 Å². The second kappa shape index (κ2) is 4.77. The van der Waals surface area contributed by atoms with E-state index in [9.17, 15) is 0 Å². The highest BCUT2D eigenvalue weighted by molar-refractivity contribution is 8.00. The van der Waals surface area contributed by atoms with E-state index in [2.05, 4.69) is 6.92 Å². The van der Waals surface area contributed by atoms with Crippen LogP contribution in [0.5, 0.6) is 0 Å². The molecule has 2 unspecified atom stereocenters. The normalized spacial score (nSPS) is 27.0. The van der Waals surface area contributed by atoms with Gasteiger partial charge in [-0.3, -0.25) is 0 Å². The molecule has 0 saturated carbocycles. The number of hydrogen-bond acceptors (Lipinski definition) is 2. The minimum absolute atomic E-state index is 0.0229. The lowest BCUT2D eigenvalue weighted by molar-refractivity contribution is 0.502. The highest BCUT2D eigenvalue weighted by atomic mass is 35.5. The van der Waals surface area contributed by atoms with E-state index >= 15 is 0 Å². The first-order valence-electron chi connectivity index (χ1n) is 5.37. The second-order valence-corrected chi connectivity index (χ2v) is 6.86. The fourth-order valence-electron chi connectivity index (χ4n) is 2.10. The third kappa shape index (κ3) is 2.35. The van der Waals surface area contributed by atoms with Crippen LogP contribution in [0.4, 0.5) is 0 Å². The van der Waals surface area contributed by atoms with Crippen LogP contribution < -0.4 is 5.73 Å². The van der Waals surface area contributed by atoms with Gasteiger partial charge in [0.1, 0.15) is 0 Å². The Balaban J connectivity index is 2.26. The molecule has 1 fully saturated rings. The summed E-state index contributed by atoms with van der Waals surface area (Å²) in [4.78, 5) is 0. The van der Waals surface area contributed by atoms with E-state index in [-0.39, 0.29) is 10.8 Å². The number of nitrogens with two attached hydrogens (primary N) is 1. The third-order valence-electron chi connectivity index (χ3n) is 3.21. The Kier molecular flexibility index (Phi) is 3.75. The first-order valence-corrected chi connectivity index (χ1v) is 7.11. The number of benzene rings is 1. The van der Waals surface area contributed by atoms with Crippen LogP contribution in [0.1, 0.15) is 31.4 Å². The molecule has 1 heterocycles. The lowest BCUT2D eigenvalue weighted by Gasteiger charge is -2.30. The standard InChI is InChI=1S/C12H15Cl2NS/c1-12(5-2-6-16-12)11(15)8-3-4-9(13)10(14)7-8/h3-4,7,11H,2,5-6,15H2,1H3. The van der Waals surface area contributed by atoms with Crippen molar-refractivity contribution in [2.75, 3.05) is 5.75 Å². The van der Waals surface area contributed by atoms with Gasteiger partial charge in [-0.2, -0.15) is 11.8 Å². The van der Waals surface area contributed by atoms with Crippen LogP contribution in [0, 0.1) is 0 Å². The summed E-state index contributed by atoms with van der Waals surface area (Å²) in [5.41, 5.74) is 7.41. The van der Waals surface area contributed by atoms with Gasteiger partial charge >= 0.3 is 0 Å². The summed E-state index contributed by atoms with van der Waals surface area (Å²) < 4.78 is 0.136. The Labute approximate surface area is 111 Å². The van der Waals surface area contributed by atoms with Crippen molar-refractivity contribution in [3.05, 3.63) is 33.8 Å². The van der Waals surface area contributed by atoms with E-state index in [0.29, 0.717) is 10.0 Å². The average molecular weight is 276 g/mol. The van der Waals surface area contributed by atoms with Gasteiger partial charge in [-0.1, -0.05) is 29.3 Å². The maximum atomic E-state index is 6.33. The molecule has 1 aromatic rings. The van der Waals surface area contributed by atoms with Crippen molar-refractivity contribution >= 4 is 35.0 Å². The van der Waals surface area contributed by atoms with Crippen LogP contribution in [0.3, 0.4) is 0 Å². The zero-order valence-electron chi connectivity index (χ0n) is 9.17. The maximum absolute atomic E-state index is 6.33. The van der Waals surface area contributed by atoms with Crippen LogP contribution in [-0.2, 0) is 0 Å². The molecule has 1 saturated heterocycles. The fraction of sp³-hybridized carbons (Fsp3) is 0.500. The van der Waals surface area contributed by atoms with E-state index in [4.69, 9.17) is 28.9 Å². The topological polar surface area (TPSA) is 26.0 Å². The molecule has 2 atom stereocenters. The Bertz CT molecular complexity index is 389. The lowest BCUT2D eigenvalue weighted by atomic mass is 9.91. The van der Waals surface area contributed by atoms with Gasteiger partial charge < -0.3 is 5.73 Å². The summed E-state index contributed by atoms with van der Waals surface area (Å²) in [6, 6.07) is 5.71. The smallest absolute Gasteiger partial charge is 0.0595 e. The van der Waals surface area contributed by atoms with Crippen LogP contribution in [0.2, 0.25) is 10.0 Å². The fourth-order valence-corrected chi connectivity index (χ4v) is 3.77. The van der Waals surface area contributed by atoms with E-state index in [1.165, 1.54) is 18.6 Å². The maximum Gasteiger partial charge on any atom is 0.0595 e. The summed E-state index contributed by atoms with van der Waals surface area (Å²) in [5, 5.41) is 1.17. The molecule has 0 radical (unpaired) electrons. The Hall–Kier alpha value is 0.110. The van der Waals surface area contributed by atoms with Gasteiger partial charge in [0.05, 0.1) is 10.0 Å². The third-order valence-corrected chi connectivity index (χ3v) is 5.56. The van der Waals surface area contributed by atoms with Crippen LogP contribution >= 0.6 is 35.0 Å². The minimum atomic E-state index is 0.0229. The van der Waals surface area contributed by atoms with E-state index < -0.39 is 0 Å². The van der Waals surface area contributed by atoms with Gasteiger partial charge in [0.25, 0.3) is 0 Å². The Morgan fingerprint density at radius 2 is 2.12 bits per heavy atom. The molecule has 4 heteroatoms. The minimum Gasteiger partial charge on any atom is -0.323 e. The molecule has 1 aliphatic rings. The molecule has 0 spiro atoms. The monoisotopic (exact) mass is 275 g/mol. The number of thioether (sulfide) groups is 1. The summed E-state index contributed by atoms with van der Waals surface area (Å²) in [6.07, 6.45) is 2.41. The second-order valence-electron chi connectivity index (χ2n) is 4.42. The van der Waals surface area contributed by atoms with Crippen LogP contribution in [0.25, 0.3) is 0 Å². The SMILES string of the molecule is CC1(C(N)c2ccc(Cl)c(Cl)c2)CCCS1. The zero-order valence-corrected chi connectivity index (χ0v) is 11.5. The van der Waals surface area contributed by atoms with E-state index in [1.54, 1.807) is 0 Å². The van der Waals surface area contributed by atoms with Crippen molar-refractivity contribution in [3.8, 4) is 0 Å². The summed E-state index contributed by atoms with van der Waals surface area (Å²) in [5.74, 6) is 1.20. The largest absolute Gasteiger partial charge is 0.323 e. The molecule has 2 N–H and O–H groups in total. The summed E-state index contributed by atoms with van der Waals surface area (Å²) in [6.45, 7) is 2.23. The molecule has 0 aromatic heterocycles. The van der Waals surface area contributed by atoms with E-state index in [1.807, 2.05) is 30.0 Å². The van der Waals surface area contributed by atoms with Gasteiger partial charge in [0.15, 0.2) is 0 Å². The number of halogens is 2. The van der Waals surface area contributed by atoms with Crippen molar-refractivity contribution in [3.63, 3.8) is 0 Å². The number of hydrogen-bond donors (Lipinski definition) is 1.